The Balaban J connectivity index is 1.55. The van der Waals surface area contributed by atoms with Gasteiger partial charge in [-0.2, -0.15) is 0 Å². The van der Waals surface area contributed by atoms with Crippen LogP contribution in [0.15, 0.2) is 47.7 Å². The van der Waals surface area contributed by atoms with Crippen LogP contribution in [0.1, 0.15) is 24.2 Å². The van der Waals surface area contributed by atoms with E-state index in [1.807, 2.05) is 18.5 Å². The van der Waals surface area contributed by atoms with Gasteiger partial charge < -0.3 is 15.2 Å². The summed E-state index contributed by atoms with van der Waals surface area (Å²) < 4.78 is 2.16. The molecule has 1 aliphatic rings. The van der Waals surface area contributed by atoms with Crippen molar-refractivity contribution in [3.05, 3.63) is 54.1 Å². The van der Waals surface area contributed by atoms with Gasteiger partial charge in [-0.1, -0.05) is 30.3 Å². The largest absolute Gasteiger partial charge is 0.356 e. The Morgan fingerprint density at radius 1 is 1.27 bits per heavy atom. The second-order valence-electron chi connectivity index (χ2n) is 5.71. The van der Waals surface area contributed by atoms with Gasteiger partial charge in [0.15, 0.2) is 5.96 Å². The van der Waals surface area contributed by atoms with Gasteiger partial charge in [-0.15, -0.1) is 0 Å². The zero-order chi connectivity index (χ0) is 15.2. The average molecular weight is 297 g/mol. The van der Waals surface area contributed by atoms with E-state index < -0.39 is 0 Å². The second kappa shape index (κ2) is 7.11. The lowest BCUT2D eigenvalue weighted by atomic mass is 10.2. The molecular weight excluding hydrogens is 274 g/mol. The lowest BCUT2D eigenvalue weighted by Crippen LogP contribution is -2.38. The van der Waals surface area contributed by atoms with Crippen molar-refractivity contribution in [3.63, 3.8) is 0 Å². The third-order valence-electron chi connectivity index (χ3n) is 3.89. The van der Waals surface area contributed by atoms with Crippen LogP contribution in [0.3, 0.4) is 0 Å². The van der Waals surface area contributed by atoms with Crippen molar-refractivity contribution in [3.8, 4) is 0 Å². The fourth-order valence-corrected chi connectivity index (χ4v) is 2.38. The maximum absolute atomic E-state index is 4.44. The molecular formula is C17H23N5. The smallest absolute Gasteiger partial charge is 0.191 e. The number of nitrogens with one attached hydrogen (secondary N) is 2. The minimum Gasteiger partial charge on any atom is -0.356 e. The van der Waals surface area contributed by atoms with Crippen molar-refractivity contribution in [2.45, 2.75) is 25.9 Å². The van der Waals surface area contributed by atoms with E-state index in [2.05, 4.69) is 49.4 Å². The molecule has 0 atom stereocenters. The molecule has 0 unspecified atom stereocenters. The first-order valence-electron chi connectivity index (χ1n) is 7.83. The van der Waals surface area contributed by atoms with E-state index in [0.29, 0.717) is 6.54 Å². The molecule has 2 aromatic rings. The number of nitrogens with zero attached hydrogens (tertiary/aromatic N) is 3. The van der Waals surface area contributed by atoms with Crippen LogP contribution in [-0.4, -0.2) is 29.1 Å². The van der Waals surface area contributed by atoms with Crippen LogP contribution in [0, 0.1) is 5.92 Å². The normalized spacial score (nSPS) is 14.9. The van der Waals surface area contributed by atoms with Gasteiger partial charge in [0, 0.05) is 32.5 Å². The number of imidazole rings is 1. The number of benzene rings is 1. The molecule has 1 fully saturated rings. The Kier molecular flexibility index (Phi) is 4.73. The molecule has 0 aliphatic heterocycles. The molecule has 1 heterocycles. The first kappa shape index (κ1) is 14.6. The predicted octanol–water partition coefficient (Wildman–Crippen LogP) is 2.01. The molecule has 0 radical (unpaired) electrons. The van der Waals surface area contributed by atoms with E-state index in [4.69, 9.17) is 0 Å². The van der Waals surface area contributed by atoms with E-state index in [-0.39, 0.29) is 0 Å². The van der Waals surface area contributed by atoms with E-state index in [1.165, 1.54) is 18.4 Å². The molecule has 1 aliphatic carbocycles. The molecule has 1 aromatic heterocycles. The highest BCUT2D eigenvalue weighted by molar-refractivity contribution is 5.79. The topological polar surface area (TPSA) is 54.2 Å². The molecule has 0 bridgehead atoms. The van der Waals surface area contributed by atoms with Gasteiger partial charge in [-0.3, -0.25) is 4.99 Å². The molecule has 5 nitrogen and oxygen atoms in total. The highest BCUT2D eigenvalue weighted by Gasteiger charge is 2.21. The molecule has 116 valence electrons. The molecule has 0 amide bonds. The van der Waals surface area contributed by atoms with Crippen LogP contribution in [0.25, 0.3) is 0 Å². The Bertz CT molecular complexity index is 613. The summed E-state index contributed by atoms with van der Waals surface area (Å²) in [5.41, 5.74) is 1.28. The molecule has 3 rings (SSSR count). The molecule has 2 N–H and O–H groups in total. The minimum absolute atomic E-state index is 0.671. The van der Waals surface area contributed by atoms with Crippen molar-refractivity contribution in [1.82, 2.24) is 20.2 Å². The minimum atomic E-state index is 0.671. The van der Waals surface area contributed by atoms with Crippen LogP contribution < -0.4 is 10.6 Å². The first-order chi connectivity index (χ1) is 10.8. The monoisotopic (exact) mass is 297 g/mol. The number of aliphatic imine (C=N–C) groups is 1. The summed E-state index contributed by atoms with van der Waals surface area (Å²) in [5, 5.41) is 6.70. The van der Waals surface area contributed by atoms with Crippen LogP contribution >= 0.6 is 0 Å². The molecule has 0 saturated heterocycles. The Morgan fingerprint density at radius 3 is 2.82 bits per heavy atom. The first-order valence-corrected chi connectivity index (χ1v) is 7.83. The van der Waals surface area contributed by atoms with Gasteiger partial charge in [-0.05, 0) is 24.3 Å². The summed E-state index contributed by atoms with van der Waals surface area (Å²) in [5.74, 6) is 2.69. The Hall–Kier alpha value is -2.30. The lowest BCUT2D eigenvalue weighted by molar-refractivity contribution is 0.680. The maximum Gasteiger partial charge on any atom is 0.191 e. The quantitative estimate of drug-likeness (QED) is 0.633. The zero-order valence-electron chi connectivity index (χ0n) is 13.0. The summed E-state index contributed by atoms with van der Waals surface area (Å²) >= 11 is 0. The Morgan fingerprint density at radius 2 is 2.09 bits per heavy atom. The number of aromatic nitrogens is 2. The third-order valence-corrected chi connectivity index (χ3v) is 3.89. The van der Waals surface area contributed by atoms with Gasteiger partial charge in [0.05, 0.1) is 6.54 Å². The average Bonchev–Trinajstić information content (AvgIpc) is 3.28. The number of hydrogen-bond donors (Lipinski definition) is 2. The summed E-state index contributed by atoms with van der Waals surface area (Å²) in [6.45, 7) is 2.52. The molecule has 22 heavy (non-hydrogen) atoms. The van der Waals surface area contributed by atoms with Crippen molar-refractivity contribution in [2.75, 3.05) is 13.6 Å². The predicted molar refractivity (Wildman–Crippen MR) is 88.7 cm³/mol. The molecule has 0 spiro atoms. The Labute approximate surface area is 131 Å². The molecule has 1 saturated carbocycles. The number of guanidine groups is 1. The number of rotatable bonds is 6. The van der Waals surface area contributed by atoms with Crippen molar-refractivity contribution < 1.29 is 0 Å². The summed E-state index contributed by atoms with van der Waals surface area (Å²) in [4.78, 5) is 8.70. The van der Waals surface area contributed by atoms with Gasteiger partial charge >= 0.3 is 0 Å². The zero-order valence-corrected chi connectivity index (χ0v) is 13.0. The van der Waals surface area contributed by atoms with Crippen molar-refractivity contribution in [1.29, 1.82) is 0 Å². The standard InChI is InChI=1S/C17H23N5/c1-18-17(20-11-14-7-8-14)21-12-16-19-9-10-22(16)13-15-5-3-2-4-6-15/h2-6,9-10,14H,7-8,11-13H2,1H3,(H2,18,20,21). The molecule has 1 aromatic carbocycles. The van der Waals surface area contributed by atoms with Gasteiger partial charge in [0.25, 0.3) is 0 Å². The van der Waals surface area contributed by atoms with E-state index in [0.717, 1.165) is 30.8 Å². The van der Waals surface area contributed by atoms with Crippen molar-refractivity contribution in [2.24, 2.45) is 10.9 Å². The molecule has 5 heteroatoms. The van der Waals surface area contributed by atoms with E-state index >= 15 is 0 Å². The van der Waals surface area contributed by atoms with Crippen LogP contribution in [0.5, 0.6) is 0 Å². The second-order valence-corrected chi connectivity index (χ2v) is 5.71. The lowest BCUT2D eigenvalue weighted by Gasteiger charge is -2.12. The number of hydrogen-bond acceptors (Lipinski definition) is 2. The van der Waals surface area contributed by atoms with Crippen LogP contribution in [-0.2, 0) is 13.1 Å². The summed E-state index contributed by atoms with van der Waals surface area (Å²) in [7, 11) is 1.80. The van der Waals surface area contributed by atoms with Gasteiger partial charge in [0.1, 0.15) is 5.82 Å². The third kappa shape index (κ3) is 4.10. The van der Waals surface area contributed by atoms with Crippen LogP contribution in [0.4, 0.5) is 0 Å². The van der Waals surface area contributed by atoms with E-state index in [1.54, 1.807) is 7.05 Å². The highest BCUT2D eigenvalue weighted by atomic mass is 15.2. The summed E-state index contributed by atoms with van der Waals surface area (Å²) in [6.07, 6.45) is 6.54. The van der Waals surface area contributed by atoms with Gasteiger partial charge in [0.2, 0.25) is 0 Å². The van der Waals surface area contributed by atoms with Crippen molar-refractivity contribution >= 4 is 5.96 Å². The van der Waals surface area contributed by atoms with Crippen LogP contribution in [0.2, 0.25) is 0 Å². The fourth-order valence-electron chi connectivity index (χ4n) is 2.38. The summed E-state index contributed by atoms with van der Waals surface area (Å²) in [6, 6.07) is 10.4. The van der Waals surface area contributed by atoms with Gasteiger partial charge in [-0.25, -0.2) is 4.98 Å². The SMILES string of the molecule is CN=C(NCc1nccn1Cc1ccccc1)NCC1CC1. The van der Waals surface area contributed by atoms with E-state index in [9.17, 15) is 0 Å². The fraction of sp³-hybridized carbons (Fsp3) is 0.412. The highest BCUT2D eigenvalue weighted by Crippen LogP contribution is 2.27. The maximum atomic E-state index is 4.44.